The van der Waals surface area contributed by atoms with E-state index in [9.17, 15) is 0 Å². The molecule has 0 spiro atoms. The molecule has 0 bridgehead atoms. The highest BCUT2D eigenvalue weighted by Crippen LogP contribution is 1.98. The Morgan fingerprint density at radius 1 is 1.31 bits per heavy atom. The second-order valence-corrected chi connectivity index (χ2v) is 3.43. The number of piperazine rings is 1. The van der Waals surface area contributed by atoms with Crippen LogP contribution in [0.5, 0.6) is 0 Å². The van der Waals surface area contributed by atoms with Crippen LogP contribution in [0.3, 0.4) is 0 Å². The summed E-state index contributed by atoms with van der Waals surface area (Å²) in [6, 6.07) is 0. The molecule has 1 N–H and O–H groups in total. The van der Waals surface area contributed by atoms with Crippen molar-refractivity contribution in [3.63, 3.8) is 0 Å². The van der Waals surface area contributed by atoms with Gasteiger partial charge in [-0.15, -0.1) is 0 Å². The van der Waals surface area contributed by atoms with E-state index < -0.39 is 0 Å². The van der Waals surface area contributed by atoms with E-state index >= 15 is 0 Å². The number of rotatable bonds is 2. The number of hydrogen-bond acceptors (Lipinski definition) is 4. The lowest BCUT2D eigenvalue weighted by molar-refractivity contribution is 0.176. The van der Waals surface area contributed by atoms with Crippen LogP contribution in [0.25, 0.3) is 0 Å². The van der Waals surface area contributed by atoms with Crippen LogP contribution in [-0.4, -0.2) is 55.5 Å². The Labute approximate surface area is 78.9 Å². The summed E-state index contributed by atoms with van der Waals surface area (Å²) >= 11 is 0. The molecular formula is C9H16N4. The fourth-order valence-corrected chi connectivity index (χ4v) is 1.63. The van der Waals surface area contributed by atoms with Gasteiger partial charge in [0.1, 0.15) is 0 Å². The fraction of sp³-hybridized carbons (Fsp3) is 0.667. The molecule has 0 amide bonds. The lowest BCUT2D eigenvalue weighted by Gasteiger charge is -2.32. The van der Waals surface area contributed by atoms with Crippen LogP contribution < -0.4 is 5.32 Å². The Morgan fingerprint density at radius 3 is 2.85 bits per heavy atom. The zero-order valence-electron chi connectivity index (χ0n) is 7.82. The maximum Gasteiger partial charge on any atom is 0.0918 e. The zero-order valence-corrected chi connectivity index (χ0v) is 7.82. The van der Waals surface area contributed by atoms with Gasteiger partial charge in [0.15, 0.2) is 0 Å². The van der Waals surface area contributed by atoms with Crippen LogP contribution in [-0.2, 0) is 0 Å². The number of nitrogens with one attached hydrogen (secondary N) is 1. The molecular weight excluding hydrogens is 164 g/mol. The molecule has 4 nitrogen and oxygen atoms in total. The van der Waals surface area contributed by atoms with Gasteiger partial charge in [-0.05, 0) is 6.08 Å². The van der Waals surface area contributed by atoms with Gasteiger partial charge < -0.3 is 10.2 Å². The molecule has 2 aliphatic rings. The first kappa shape index (κ1) is 8.72. The lowest BCUT2D eigenvalue weighted by atomic mass is 10.4. The molecule has 0 aromatic heterocycles. The maximum absolute atomic E-state index is 4.10. The van der Waals surface area contributed by atoms with Crippen LogP contribution in [0.2, 0.25) is 0 Å². The maximum atomic E-state index is 4.10. The van der Waals surface area contributed by atoms with Gasteiger partial charge in [0.25, 0.3) is 0 Å². The van der Waals surface area contributed by atoms with E-state index in [0.717, 1.165) is 39.4 Å². The predicted molar refractivity (Wildman–Crippen MR) is 53.6 cm³/mol. The summed E-state index contributed by atoms with van der Waals surface area (Å²) in [5, 5.41) is 3.34. The van der Waals surface area contributed by atoms with Crippen molar-refractivity contribution in [3.8, 4) is 0 Å². The normalized spacial score (nSPS) is 23.8. The Bertz CT molecular complexity index is 206. The van der Waals surface area contributed by atoms with Gasteiger partial charge in [-0.2, -0.15) is 0 Å². The molecule has 1 fully saturated rings. The third kappa shape index (κ3) is 2.54. The fourth-order valence-electron chi connectivity index (χ4n) is 1.63. The van der Waals surface area contributed by atoms with Crippen molar-refractivity contribution >= 4 is 6.34 Å². The van der Waals surface area contributed by atoms with Crippen molar-refractivity contribution in [1.82, 2.24) is 15.1 Å². The van der Waals surface area contributed by atoms with E-state index in [-0.39, 0.29) is 0 Å². The second-order valence-electron chi connectivity index (χ2n) is 3.43. The largest absolute Gasteiger partial charge is 0.346 e. The summed E-state index contributed by atoms with van der Waals surface area (Å²) in [7, 11) is 0. The molecule has 2 rings (SSSR count). The number of aliphatic imine (C=N–C) groups is 1. The third-order valence-corrected chi connectivity index (χ3v) is 2.35. The van der Waals surface area contributed by atoms with Crippen LogP contribution in [0.1, 0.15) is 0 Å². The second kappa shape index (κ2) is 4.39. The smallest absolute Gasteiger partial charge is 0.0918 e. The Hall–Kier alpha value is -0.870. The topological polar surface area (TPSA) is 30.9 Å². The molecule has 72 valence electrons. The number of nitrogens with zero attached hydrogens (tertiary/aromatic N) is 3. The molecule has 0 aromatic carbocycles. The highest BCUT2D eigenvalue weighted by Gasteiger charge is 2.11. The first-order valence-corrected chi connectivity index (χ1v) is 4.80. The van der Waals surface area contributed by atoms with Crippen LogP contribution in [0.15, 0.2) is 17.3 Å². The van der Waals surface area contributed by atoms with Crippen LogP contribution >= 0.6 is 0 Å². The van der Waals surface area contributed by atoms with Crippen molar-refractivity contribution < 1.29 is 0 Å². The van der Waals surface area contributed by atoms with E-state index in [0.29, 0.717) is 0 Å². The van der Waals surface area contributed by atoms with Gasteiger partial charge in [-0.25, -0.2) is 4.99 Å². The summed E-state index contributed by atoms with van der Waals surface area (Å²) in [6.45, 7) is 6.52. The summed E-state index contributed by atoms with van der Waals surface area (Å²) in [5.41, 5.74) is 0. The van der Waals surface area contributed by atoms with Crippen molar-refractivity contribution in [1.29, 1.82) is 0 Å². The van der Waals surface area contributed by atoms with Crippen LogP contribution in [0, 0.1) is 0 Å². The van der Waals surface area contributed by atoms with Gasteiger partial charge in [-0.3, -0.25) is 4.90 Å². The standard InChI is InChI=1S/C9H16N4/c1-2-11-8-13(5-1)9-12-6-3-10-4-7-12/h1-2,8,10H,3-7,9H2. The minimum atomic E-state index is 0.993. The average Bonchev–Trinajstić information content (AvgIpc) is 2.21. The molecule has 0 atom stereocenters. The molecule has 0 aromatic rings. The van der Waals surface area contributed by atoms with Crippen molar-refractivity contribution in [2.24, 2.45) is 4.99 Å². The summed E-state index contributed by atoms with van der Waals surface area (Å²) in [5.74, 6) is 0. The Balaban J connectivity index is 1.76. The van der Waals surface area contributed by atoms with Gasteiger partial charge in [0, 0.05) is 38.9 Å². The zero-order chi connectivity index (χ0) is 8.93. The third-order valence-electron chi connectivity index (χ3n) is 2.35. The molecule has 0 unspecified atom stereocenters. The predicted octanol–water partition coefficient (Wildman–Crippen LogP) is -0.293. The first-order chi connectivity index (χ1) is 6.45. The van der Waals surface area contributed by atoms with Crippen molar-refractivity contribution in [2.75, 3.05) is 39.4 Å². The van der Waals surface area contributed by atoms with Crippen LogP contribution in [0.4, 0.5) is 0 Å². The van der Waals surface area contributed by atoms with E-state index in [1.54, 1.807) is 0 Å². The highest BCUT2D eigenvalue weighted by atomic mass is 15.3. The molecule has 4 heteroatoms. The van der Waals surface area contributed by atoms with E-state index in [1.165, 1.54) is 0 Å². The summed E-state index contributed by atoms with van der Waals surface area (Å²) in [6.07, 6.45) is 5.86. The van der Waals surface area contributed by atoms with Crippen molar-refractivity contribution in [3.05, 3.63) is 12.3 Å². The quantitative estimate of drug-likeness (QED) is 0.633. The minimum Gasteiger partial charge on any atom is -0.346 e. The molecule has 13 heavy (non-hydrogen) atoms. The molecule has 2 aliphatic heterocycles. The van der Waals surface area contributed by atoms with Gasteiger partial charge in [0.05, 0.1) is 13.0 Å². The highest BCUT2D eigenvalue weighted by molar-refractivity contribution is 5.57. The minimum absolute atomic E-state index is 0.993. The first-order valence-electron chi connectivity index (χ1n) is 4.80. The summed E-state index contributed by atoms with van der Waals surface area (Å²) in [4.78, 5) is 8.78. The van der Waals surface area contributed by atoms with E-state index in [1.807, 2.05) is 12.5 Å². The molecule has 0 saturated carbocycles. The van der Waals surface area contributed by atoms with E-state index in [4.69, 9.17) is 0 Å². The number of hydrogen-bond donors (Lipinski definition) is 1. The molecule has 2 heterocycles. The van der Waals surface area contributed by atoms with Crippen molar-refractivity contribution in [2.45, 2.75) is 0 Å². The Kier molecular flexibility index (Phi) is 2.94. The molecule has 0 radical (unpaired) electrons. The van der Waals surface area contributed by atoms with Gasteiger partial charge in [-0.1, -0.05) is 0 Å². The van der Waals surface area contributed by atoms with Gasteiger partial charge >= 0.3 is 0 Å². The molecule has 0 aliphatic carbocycles. The average molecular weight is 180 g/mol. The SMILES string of the molecule is C1=CN=CN(CN2CCNCC2)C1. The molecule has 1 saturated heterocycles. The lowest BCUT2D eigenvalue weighted by Crippen LogP contribution is -2.48. The van der Waals surface area contributed by atoms with E-state index in [2.05, 4.69) is 26.2 Å². The Morgan fingerprint density at radius 2 is 2.15 bits per heavy atom. The van der Waals surface area contributed by atoms with Gasteiger partial charge in [0.2, 0.25) is 0 Å². The monoisotopic (exact) mass is 180 g/mol. The summed E-state index contributed by atoms with van der Waals surface area (Å²) < 4.78 is 0.